The summed E-state index contributed by atoms with van der Waals surface area (Å²) in [6, 6.07) is 0. The van der Waals surface area contributed by atoms with Crippen LogP contribution >= 0.6 is 0 Å². The van der Waals surface area contributed by atoms with Gasteiger partial charge in [-0.1, -0.05) is 128 Å². The molecule has 0 aromatic heterocycles. The number of amides is 2. The van der Waals surface area contributed by atoms with Crippen molar-refractivity contribution in [1.82, 2.24) is 10.6 Å². The molecule has 3 unspecified atom stereocenters. The monoisotopic (exact) mass is 973 g/mol. The van der Waals surface area contributed by atoms with Crippen LogP contribution in [0.2, 0.25) is 0 Å². The van der Waals surface area contributed by atoms with Gasteiger partial charge in [0.25, 0.3) is 0 Å². The van der Waals surface area contributed by atoms with E-state index < -0.39 is 85.5 Å². The first-order chi connectivity index (χ1) is 32.9. The lowest BCUT2D eigenvalue weighted by Crippen LogP contribution is -2.57. The van der Waals surface area contributed by atoms with Gasteiger partial charge in [-0.3, -0.25) is 28.8 Å². The highest BCUT2D eigenvalue weighted by molar-refractivity contribution is 6.02. The number of carbonyl (C=O) groups excluding carboxylic acids is 6. The molecule has 384 valence electrons. The van der Waals surface area contributed by atoms with Crippen LogP contribution in [0, 0.1) is 11.3 Å². The first-order valence-electron chi connectivity index (χ1n) is 23.5. The molecule has 0 fully saturated rings. The summed E-state index contributed by atoms with van der Waals surface area (Å²) in [5, 5.41) is 51.8. The van der Waals surface area contributed by atoms with Crippen molar-refractivity contribution in [3.05, 3.63) is 130 Å². The number of allylic oxidation sites excluding steroid dienone is 20. The maximum atomic E-state index is 13.3. The summed E-state index contributed by atoms with van der Waals surface area (Å²) >= 11 is 0. The minimum atomic E-state index is -1.60. The van der Waals surface area contributed by atoms with Crippen LogP contribution in [-0.2, 0) is 38.2 Å². The second-order valence-corrected chi connectivity index (χ2v) is 19.2. The number of aliphatic hydroxyl groups excluding tert-OH is 5. The molecule has 2 amide bonds. The van der Waals surface area contributed by atoms with Gasteiger partial charge in [-0.2, -0.15) is 0 Å². The first-order valence-corrected chi connectivity index (χ1v) is 23.5. The second kappa shape index (κ2) is 28.7. The summed E-state index contributed by atoms with van der Waals surface area (Å²) in [6.45, 7) is 15.7. The van der Waals surface area contributed by atoms with Crippen LogP contribution in [0.5, 0.6) is 0 Å². The zero-order chi connectivity index (χ0) is 52.8. The molecular formula is C55H76N2O13. The third kappa shape index (κ3) is 19.5. The molecule has 70 heavy (non-hydrogen) atoms. The number of ketones is 2. The number of rotatable bonds is 25. The average Bonchev–Trinajstić information content (AvgIpc) is 3.31. The van der Waals surface area contributed by atoms with Crippen molar-refractivity contribution >= 4 is 35.3 Å². The Hall–Kier alpha value is -5.84. The highest BCUT2D eigenvalue weighted by Gasteiger charge is 2.40. The summed E-state index contributed by atoms with van der Waals surface area (Å²) in [6.07, 6.45) is 25.0. The second-order valence-electron chi connectivity index (χ2n) is 19.2. The van der Waals surface area contributed by atoms with Crippen molar-refractivity contribution < 1.29 is 63.8 Å². The molecule has 0 aliphatic heterocycles. The van der Waals surface area contributed by atoms with Gasteiger partial charge in [0.1, 0.15) is 5.54 Å². The van der Waals surface area contributed by atoms with E-state index in [1.165, 1.54) is 6.92 Å². The van der Waals surface area contributed by atoms with E-state index in [-0.39, 0.29) is 49.6 Å². The van der Waals surface area contributed by atoms with Gasteiger partial charge in [0.05, 0.1) is 51.4 Å². The highest BCUT2D eigenvalue weighted by atomic mass is 16.6. The number of hydrogen-bond donors (Lipinski definition) is 7. The average molecular weight is 973 g/mol. The highest BCUT2D eigenvalue weighted by Crippen LogP contribution is 2.41. The third-order valence-corrected chi connectivity index (χ3v) is 12.1. The SMILES string of the molecule is CC1=C(/C=C/C(C)=C/C=C/C(C)=C/C=C/C=C(C)/C=C/C=C(C)/C=C/C2=C(C)C(=O)C(OC(=O)CCC(=O)NC(CO)(CO)CO)CC2(C)C)C(C)CC(OC(=O)CCC(=O)NC(C)(CO)CO)C1=O. The molecule has 2 rings (SSSR count). The molecule has 15 heteroatoms. The van der Waals surface area contributed by atoms with Gasteiger partial charge in [0.2, 0.25) is 11.8 Å². The van der Waals surface area contributed by atoms with Crippen LogP contribution in [-0.4, -0.2) is 117 Å². The molecule has 0 heterocycles. The summed E-state index contributed by atoms with van der Waals surface area (Å²) in [5.41, 5.74) is 3.41. The molecule has 0 saturated heterocycles. The molecule has 2 aliphatic rings. The zero-order valence-corrected chi connectivity index (χ0v) is 42.6. The Morgan fingerprint density at radius 3 is 1.53 bits per heavy atom. The van der Waals surface area contributed by atoms with Gasteiger partial charge in [0, 0.05) is 19.3 Å². The Balaban J connectivity index is 1.92. The number of carbonyl (C=O) groups is 6. The Kier molecular flexibility index (Phi) is 24.7. The molecule has 2 aliphatic carbocycles. The van der Waals surface area contributed by atoms with Crippen molar-refractivity contribution in [2.24, 2.45) is 11.3 Å². The maximum absolute atomic E-state index is 13.3. The minimum absolute atomic E-state index is 0.0504. The van der Waals surface area contributed by atoms with Gasteiger partial charge in [-0.15, -0.1) is 0 Å². The number of Topliss-reactive ketones (excluding diaryl/α,β-unsaturated/α-hetero) is 2. The molecule has 0 saturated carbocycles. The van der Waals surface area contributed by atoms with E-state index in [1.807, 2.05) is 134 Å². The van der Waals surface area contributed by atoms with E-state index in [0.717, 1.165) is 33.4 Å². The van der Waals surface area contributed by atoms with E-state index in [4.69, 9.17) is 9.47 Å². The fraction of sp³-hybridized carbons (Fsp3) is 0.491. The normalized spacial score (nSPS) is 20.2. The molecule has 0 aromatic carbocycles. The van der Waals surface area contributed by atoms with Crippen LogP contribution in [0.1, 0.15) is 108 Å². The molecule has 7 N–H and O–H groups in total. The smallest absolute Gasteiger partial charge is 0.307 e. The zero-order valence-electron chi connectivity index (χ0n) is 42.6. The Morgan fingerprint density at radius 2 is 1.04 bits per heavy atom. The lowest BCUT2D eigenvalue weighted by Gasteiger charge is -2.36. The van der Waals surface area contributed by atoms with Crippen molar-refractivity contribution in [2.75, 3.05) is 33.0 Å². The lowest BCUT2D eigenvalue weighted by atomic mass is 9.71. The molecule has 0 bridgehead atoms. The van der Waals surface area contributed by atoms with Gasteiger partial charge in [-0.25, -0.2) is 0 Å². The van der Waals surface area contributed by atoms with Crippen LogP contribution in [0.4, 0.5) is 0 Å². The van der Waals surface area contributed by atoms with Crippen LogP contribution < -0.4 is 10.6 Å². The van der Waals surface area contributed by atoms with Crippen LogP contribution in [0.3, 0.4) is 0 Å². The molecule has 0 radical (unpaired) electrons. The fourth-order valence-electron chi connectivity index (χ4n) is 7.49. The maximum Gasteiger partial charge on any atom is 0.307 e. The molecule has 15 nitrogen and oxygen atoms in total. The van der Waals surface area contributed by atoms with Gasteiger partial charge in [0.15, 0.2) is 23.8 Å². The first kappa shape index (κ1) is 60.3. The fourth-order valence-corrected chi connectivity index (χ4v) is 7.49. The standard InChI is InChI=1S/C55H76N2O13/c1-36(17-13-19-38(3)21-23-43-40(5)29-45(51(67)41(43)6)69-49(65)27-25-47(63)56-54(10,31-58)32-59)15-11-12-16-37(2)18-14-20-39(4)22-24-44-42(7)52(68)46(30-53(44,8)9)70-50(66)28-26-48(64)57-55(33-60,34-61)35-62/h11-24,40,45-46,58-62H,25-35H2,1-10H3,(H,56,63)(H,57,64)/b12-11+,17-13+,18-14+,23-21+,24-22+,36-15+,37-16+,38-19+,39-20+. The number of aliphatic hydroxyl groups is 5. The summed E-state index contributed by atoms with van der Waals surface area (Å²) in [7, 11) is 0. The Labute approximate surface area is 413 Å². The molecule has 0 spiro atoms. The summed E-state index contributed by atoms with van der Waals surface area (Å²) in [5.74, 6) is -3.22. The van der Waals surface area contributed by atoms with E-state index in [9.17, 15) is 54.3 Å². The van der Waals surface area contributed by atoms with E-state index in [2.05, 4.69) is 10.6 Å². The molecular weight excluding hydrogens is 897 g/mol. The molecule has 3 atom stereocenters. The quantitative estimate of drug-likeness (QED) is 0.0419. The van der Waals surface area contributed by atoms with Crippen molar-refractivity contribution in [3.63, 3.8) is 0 Å². The Morgan fingerprint density at radius 1 is 0.614 bits per heavy atom. The lowest BCUT2D eigenvalue weighted by molar-refractivity contribution is -0.156. The van der Waals surface area contributed by atoms with Gasteiger partial charge >= 0.3 is 11.9 Å². The van der Waals surface area contributed by atoms with E-state index in [0.29, 0.717) is 17.6 Å². The molecule has 0 aromatic rings. The van der Waals surface area contributed by atoms with Crippen LogP contribution in [0.25, 0.3) is 0 Å². The van der Waals surface area contributed by atoms with Crippen molar-refractivity contribution in [2.45, 2.75) is 131 Å². The summed E-state index contributed by atoms with van der Waals surface area (Å²) < 4.78 is 11.0. The summed E-state index contributed by atoms with van der Waals surface area (Å²) in [4.78, 5) is 75.9. The number of ether oxygens (including phenoxy) is 2. The third-order valence-electron chi connectivity index (χ3n) is 12.1. The number of esters is 2. The van der Waals surface area contributed by atoms with Crippen molar-refractivity contribution in [1.29, 1.82) is 0 Å². The largest absolute Gasteiger partial charge is 0.454 e. The predicted octanol–water partition coefficient (Wildman–Crippen LogP) is 5.87. The van der Waals surface area contributed by atoms with Crippen molar-refractivity contribution in [3.8, 4) is 0 Å². The predicted molar refractivity (Wildman–Crippen MR) is 269 cm³/mol. The number of nitrogens with one attached hydrogen (secondary N) is 2. The minimum Gasteiger partial charge on any atom is -0.454 e. The number of hydrogen-bond acceptors (Lipinski definition) is 13. The topological polar surface area (TPSA) is 246 Å². The van der Waals surface area contributed by atoms with E-state index in [1.54, 1.807) is 13.8 Å². The Bertz CT molecular complexity index is 2240. The van der Waals surface area contributed by atoms with Crippen LogP contribution in [0.15, 0.2) is 130 Å². The van der Waals surface area contributed by atoms with Gasteiger partial charge in [-0.05, 0) is 88.5 Å². The van der Waals surface area contributed by atoms with Gasteiger partial charge < -0.3 is 45.6 Å². The van der Waals surface area contributed by atoms with E-state index >= 15 is 0 Å².